The van der Waals surface area contributed by atoms with Gasteiger partial charge in [0.15, 0.2) is 0 Å². The summed E-state index contributed by atoms with van der Waals surface area (Å²) in [4.78, 5) is 32.4. The summed E-state index contributed by atoms with van der Waals surface area (Å²) in [7, 11) is 1.37. The maximum Gasteiger partial charge on any atom is 0.305 e. The van der Waals surface area contributed by atoms with Gasteiger partial charge in [-0.1, -0.05) is 6.42 Å². The van der Waals surface area contributed by atoms with Crippen LogP contribution in [0.15, 0.2) is 0 Å². The molecule has 0 aromatic carbocycles. The first-order valence-corrected chi connectivity index (χ1v) is 5.64. The number of methoxy groups -OCH3 is 1. The molecule has 6 heteroatoms. The average molecular weight is 244 g/mol. The van der Waals surface area contributed by atoms with Crippen molar-refractivity contribution in [1.29, 1.82) is 0 Å². The fraction of sp³-hybridized carbons (Fsp3) is 0.727. The first-order chi connectivity index (χ1) is 8.06. The third-order valence-corrected chi connectivity index (χ3v) is 2.11. The molecule has 0 saturated heterocycles. The fourth-order valence-corrected chi connectivity index (χ4v) is 1.17. The van der Waals surface area contributed by atoms with Crippen molar-refractivity contribution >= 4 is 17.8 Å². The number of hydrogen-bond donors (Lipinski definition) is 2. The van der Waals surface area contributed by atoms with Gasteiger partial charge in [0.05, 0.1) is 13.7 Å². The number of carbonyl (C=O) groups is 3. The quantitative estimate of drug-likeness (QED) is 0.464. The largest absolute Gasteiger partial charge is 0.469 e. The summed E-state index contributed by atoms with van der Waals surface area (Å²) in [5.41, 5.74) is 0. The van der Waals surface area contributed by atoms with Crippen molar-refractivity contribution in [3.05, 3.63) is 0 Å². The van der Waals surface area contributed by atoms with Crippen LogP contribution in [0, 0.1) is 0 Å². The lowest BCUT2D eigenvalue weighted by Gasteiger charge is -2.05. The van der Waals surface area contributed by atoms with Crippen LogP contribution in [0.4, 0.5) is 0 Å². The Kier molecular flexibility index (Phi) is 8.72. The monoisotopic (exact) mass is 244 g/mol. The van der Waals surface area contributed by atoms with Gasteiger partial charge in [0, 0.05) is 19.9 Å². The predicted octanol–water partition coefficient (Wildman–Crippen LogP) is -0.0279. The Balaban J connectivity index is 3.30. The van der Waals surface area contributed by atoms with Gasteiger partial charge in [0.2, 0.25) is 11.8 Å². The maximum atomic E-state index is 11.1. The van der Waals surface area contributed by atoms with Gasteiger partial charge in [-0.15, -0.1) is 0 Å². The Bertz CT molecular complexity index is 266. The average Bonchev–Trinajstić information content (AvgIpc) is 2.30. The summed E-state index contributed by atoms with van der Waals surface area (Å²) >= 11 is 0. The number of amides is 2. The van der Waals surface area contributed by atoms with Gasteiger partial charge in [0.1, 0.15) is 0 Å². The number of esters is 1. The highest BCUT2D eigenvalue weighted by Crippen LogP contribution is 1.99. The fourth-order valence-electron chi connectivity index (χ4n) is 1.17. The number of hydrogen-bond acceptors (Lipinski definition) is 4. The van der Waals surface area contributed by atoms with E-state index in [1.165, 1.54) is 14.0 Å². The molecule has 98 valence electrons. The molecule has 2 amide bonds. The molecule has 0 aromatic rings. The van der Waals surface area contributed by atoms with Gasteiger partial charge in [0.25, 0.3) is 0 Å². The highest BCUT2D eigenvalue weighted by molar-refractivity contribution is 5.83. The van der Waals surface area contributed by atoms with Crippen molar-refractivity contribution in [3.63, 3.8) is 0 Å². The van der Waals surface area contributed by atoms with E-state index in [0.29, 0.717) is 13.0 Å². The van der Waals surface area contributed by atoms with Crippen LogP contribution >= 0.6 is 0 Å². The predicted molar refractivity (Wildman–Crippen MR) is 62.2 cm³/mol. The van der Waals surface area contributed by atoms with Gasteiger partial charge in [-0.25, -0.2) is 0 Å². The molecule has 0 aliphatic rings. The molecule has 0 bridgehead atoms. The van der Waals surface area contributed by atoms with Gasteiger partial charge >= 0.3 is 5.97 Å². The lowest BCUT2D eigenvalue weighted by atomic mass is 10.2. The Morgan fingerprint density at radius 3 is 2.35 bits per heavy atom. The number of nitrogens with one attached hydrogen (secondary N) is 2. The SMILES string of the molecule is COC(=O)CCCCCNC(=O)CNC(C)=O. The molecule has 0 radical (unpaired) electrons. The molecule has 17 heavy (non-hydrogen) atoms. The molecule has 0 heterocycles. The second kappa shape index (κ2) is 9.62. The minimum absolute atomic E-state index is 0.0114. The number of unbranched alkanes of at least 4 members (excludes halogenated alkanes) is 2. The zero-order valence-electron chi connectivity index (χ0n) is 10.4. The molecular weight excluding hydrogens is 224 g/mol. The highest BCUT2D eigenvalue weighted by atomic mass is 16.5. The van der Waals surface area contributed by atoms with Crippen LogP contribution in [0.5, 0.6) is 0 Å². The van der Waals surface area contributed by atoms with E-state index in [4.69, 9.17) is 0 Å². The topological polar surface area (TPSA) is 84.5 Å². The zero-order chi connectivity index (χ0) is 13.1. The molecule has 0 rings (SSSR count). The van der Waals surface area contributed by atoms with E-state index in [2.05, 4.69) is 15.4 Å². The summed E-state index contributed by atoms with van der Waals surface area (Å²) in [5.74, 6) is -0.633. The Morgan fingerprint density at radius 2 is 1.76 bits per heavy atom. The first kappa shape index (κ1) is 15.4. The second-order valence-corrected chi connectivity index (χ2v) is 3.65. The summed E-state index contributed by atoms with van der Waals surface area (Å²) in [6.45, 7) is 1.93. The number of ether oxygens (including phenoxy) is 1. The van der Waals surface area contributed by atoms with Crippen molar-refractivity contribution in [2.24, 2.45) is 0 Å². The van der Waals surface area contributed by atoms with Crippen LogP contribution in [0.3, 0.4) is 0 Å². The highest BCUT2D eigenvalue weighted by Gasteiger charge is 2.02. The van der Waals surface area contributed by atoms with Crippen LogP contribution in [0.1, 0.15) is 32.6 Å². The summed E-state index contributed by atoms with van der Waals surface area (Å²) in [6, 6.07) is 0. The molecular formula is C11H20N2O4. The first-order valence-electron chi connectivity index (χ1n) is 5.64. The molecule has 0 unspecified atom stereocenters. The molecule has 0 spiro atoms. The molecule has 0 saturated carbocycles. The van der Waals surface area contributed by atoms with Crippen molar-refractivity contribution in [3.8, 4) is 0 Å². The normalized spacial score (nSPS) is 9.53. The van der Waals surface area contributed by atoms with E-state index in [1.54, 1.807) is 0 Å². The Labute approximate surface area is 101 Å². The van der Waals surface area contributed by atoms with E-state index in [1.807, 2.05) is 0 Å². The van der Waals surface area contributed by atoms with Crippen molar-refractivity contribution < 1.29 is 19.1 Å². The lowest BCUT2D eigenvalue weighted by Crippen LogP contribution is -2.36. The van der Waals surface area contributed by atoms with Crippen molar-refractivity contribution in [1.82, 2.24) is 10.6 Å². The smallest absolute Gasteiger partial charge is 0.305 e. The minimum Gasteiger partial charge on any atom is -0.469 e. The van der Waals surface area contributed by atoms with Crippen LogP contribution < -0.4 is 10.6 Å². The van der Waals surface area contributed by atoms with E-state index >= 15 is 0 Å². The molecule has 0 aliphatic heterocycles. The maximum absolute atomic E-state index is 11.1. The van der Waals surface area contributed by atoms with Crippen molar-refractivity contribution in [2.75, 3.05) is 20.2 Å². The standard InChI is InChI=1S/C11H20N2O4/c1-9(14)13-8-10(15)12-7-5-3-4-6-11(16)17-2/h3-8H2,1-2H3,(H,12,15)(H,13,14). The minimum atomic E-state index is -0.224. The van der Waals surface area contributed by atoms with E-state index in [9.17, 15) is 14.4 Å². The Hall–Kier alpha value is -1.59. The van der Waals surface area contributed by atoms with E-state index < -0.39 is 0 Å². The van der Waals surface area contributed by atoms with Gasteiger partial charge in [-0.3, -0.25) is 14.4 Å². The number of carbonyl (C=O) groups excluding carboxylic acids is 3. The summed E-state index contributed by atoms with van der Waals surface area (Å²) < 4.78 is 4.50. The van der Waals surface area contributed by atoms with E-state index in [-0.39, 0.29) is 24.3 Å². The third-order valence-electron chi connectivity index (χ3n) is 2.11. The third kappa shape index (κ3) is 10.7. The molecule has 0 aromatic heterocycles. The van der Waals surface area contributed by atoms with Gasteiger partial charge < -0.3 is 15.4 Å². The number of rotatable bonds is 8. The van der Waals surface area contributed by atoms with Crippen LogP contribution in [0.25, 0.3) is 0 Å². The van der Waals surface area contributed by atoms with Gasteiger partial charge in [-0.05, 0) is 12.8 Å². The Morgan fingerprint density at radius 1 is 1.06 bits per heavy atom. The van der Waals surface area contributed by atoms with E-state index in [0.717, 1.165) is 19.3 Å². The molecule has 6 nitrogen and oxygen atoms in total. The van der Waals surface area contributed by atoms with Crippen LogP contribution in [-0.4, -0.2) is 38.0 Å². The van der Waals surface area contributed by atoms with Gasteiger partial charge in [-0.2, -0.15) is 0 Å². The lowest BCUT2D eigenvalue weighted by molar-refractivity contribution is -0.140. The molecule has 0 fully saturated rings. The molecule has 0 aliphatic carbocycles. The van der Waals surface area contributed by atoms with Crippen molar-refractivity contribution in [2.45, 2.75) is 32.6 Å². The zero-order valence-corrected chi connectivity index (χ0v) is 10.4. The molecule has 0 atom stereocenters. The van der Waals surface area contributed by atoms with Crippen LogP contribution in [-0.2, 0) is 19.1 Å². The summed E-state index contributed by atoms with van der Waals surface area (Å²) in [5, 5.41) is 5.08. The molecule has 2 N–H and O–H groups in total. The van der Waals surface area contributed by atoms with Crippen LogP contribution in [0.2, 0.25) is 0 Å². The summed E-state index contributed by atoms with van der Waals surface area (Å²) in [6.07, 6.45) is 2.84. The second-order valence-electron chi connectivity index (χ2n) is 3.65.